The minimum atomic E-state index is -0.0920. The summed E-state index contributed by atoms with van der Waals surface area (Å²) < 4.78 is 5.50. The van der Waals surface area contributed by atoms with E-state index in [-0.39, 0.29) is 17.7 Å². The fourth-order valence-electron chi connectivity index (χ4n) is 2.79. The number of hydrogen-bond acceptors (Lipinski definition) is 4. The van der Waals surface area contributed by atoms with Crippen LogP contribution in [-0.4, -0.2) is 36.6 Å². The highest BCUT2D eigenvalue weighted by molar-refractivity contribution is 6.01. The third kappa shape index (κ3) is 2.96. The highest BCUT2D eigenvalue weighted by Gasteiger charge is 2.34. The van der Waals surface area contributed by atoms with Crippen LogP contribution in [0.3, 0.4) is 0 Å². The van der Waals surface area contributed by atoms with Gasteiger partial charge in [-0.2, -0.15) is 0 Å². The van der Waals surface area contributed by atoms with Gasteiger partial charge in [-0.3, -0.25) is 9.78 Å². The van der Waals surface area contributed by atoms with Gasteiger partial charge in [-0.25, -0.2) is 0 Å². The molecule has 4 heteroatoms. The summed E-state index contributed by atoms with van der Waals surface area (Å²) in [6.07, 6.45) is 2.82. The predicted molar refractivity (Wildman–Crippen MR) is 82.5 cm³/mol. The molecule has 2 unspecified atom stereocenters. The van der Waals surface area contributed by atoms with Gasteiger partial charge in [0.15, 0.2) is 5.78 Å². The molecule has 0 bridgehead atoms. The van der Waals surface area contributed by atoms with Crippen molar-refractivity contribution in [2.75, 3.05) is 19.8 Å². The van der Waals surface area contributed by atoms with Crippen molar-refractivity contribution in [1.29, 1.82) is 0 Å². The number of pyridine rings is 1. The van der Waals surface area contributed by atoms with Crippen molar-refractivity contribution < 1.29 is 9.53 Å². The fourth-order valence-corrected chi connectivity index (χ4v) is 2.79. The average molecular weight is 284 g/mol. The second-order valence-electron chi connectivity index (χ2n) is 5.48. The first kappa shape index (κ1) is 14.2. The van der Waals surface area contributed by atoms with Gasteiger partial charge in [0.1, 0.15) is 0 Å². The van der Waals surface area contributed by atoms with Gasteiger partial charge < -0.3 is 10.1 Å². The number of ketones is 1. The number of benzene rings is 1. The van der Waals surface area contributed by atoms with E-state index >= 15 is 0 Å². The summed E-state index contributed by atoms with van der Waals surface area (Å²) >= 11 is 0. The zero-order chi connectivity index (χ0) is 14.7. The van der Waals surface area contributed by atoms with Crippen LogP contribution >= 0.6 is 0 Å². The van der Waals surface area contributed by atoms with Gasteiger partial charge in [0, 0.05) is 23.2 Å². The van der Waals surface area contributed by atoms with Crippen LogP contribution in [-0.2, 0) is 4.74 Å². The van der Waals surface area contributed by atoms with Crippen LogP contribution < -0.4 is 5.32 Å². The van der Waals surface area contributed by atoms with Crippen molar-refractivity contribution in [1.82, 2.24) is 10.3 Å². The first-order valence-corrected chi connectivity index (χ1v) is 7.49. The molecule has 2 heterocycles. The smallest absolute Gasteiger partial charge is 0.169 e. The van der Waals surface area contributed by atoms with Gasteiger partial charge >= 0.3 is 0 Å². The Morgan fingerprint density at radius 2 is 2.29 bits per heavy atom. The molecule has 0 spiro atoms. The Balaban J connectivity index is 1.82. The zero-order valence-corrected chi connectivity index (χ0v) is 12.2. The predicted octanol–water partition coefficient (Wildman–Crippen LogP) is 2.43. The van der Waals surface area contributed by atoms with E-state index in [9.17, 15) is 4.79 Å². The maximum Gasteiger partial charge on any atom is 0.169 e. The second-order valence-corrected chi connectivity index (χ2v) is 5.48. The Labute approximate surface area is 124 Å². The fraction of sp³-hybridized carbons (Fsp3) is 0.412. The first-order valence-electron chi connectivity index (χ1n) is 7.49. The number of hydrogen-bond donors (Lipinski definition) is 1. The lowest BCUT2D eigenvalue weighted by Crippen LogP contribution is -2.39. The van der Waals surface area contributed by atoms with Crippen molar-refractivity contribution in [3.63, 3.8) is 0 Å². The van der Waals surface area contributed by atoms with E-state index in [1.807, 2.05) is 30.3 Å². The molecule has 0 radical (unpaired) electrons. The third-order valence-electron chi connectivity index (χ3n) is 3.96. The number of carbonyl (C=O) groups is 1. The maximum atomic E-state index is 12.7. The van der Waals surface area contributed by atoms with Crippen molar-refractivity contribution in [2.24, 2.45) is 5.92 Å². The Kier molecular flexibility index (Phi) is 4.27. The lowest BCUT2D eigenvalue weighted by Gasteiger charge is -2.18. The van der Waals surface area contributed by atoms with Gasteiger partial charge in [0.25, 0.3) is 0 Å². The van der Waals surface area contributed by atoms with Crippen LogP contribution in [0.15, 0.2) is 36.5 Å². The van der Waals surface area contributed by atoms with E-state index in [2.05, 4.69) is 17.2 Å². The lowest BCUT2D eigenvalue weighted by molar-refractivity contribution is 0.0891. The van der Waals surface area contributed by atoms with Crippen molar-refractivity contribution in [2.45, 2.75) is 19.4 Å². The Hall–Kier alpha value is -1.78. The van der Waals surface area contributed by atoms with Crippen molar-refractivity contribution >= 4 is 16.7 Å². The minimum absolute atomic E-state index is 0.0920. The molecular formula is C17H20N2O2. The summed E-state index contributed by atoms with van der Waals surface area (Å²) in [6, 6.07) is 9.71. The molecule has 21 heavy (non-hydrogen) atoms. The summed E-state index contributed by atoms with van der Waals surface area (Å²) in [5, 5.41) is 4.41. The molecule has 1 aromatic heterocycles. The number of aromatic nitrogens is 1. The number of Topliss-reactive ketones (excluding diaryl/α,β-unsaturated/α-hetero) is 1. The molecule has 2 aromatic rings. The largest absolute Gasteiger partial charge is 0.379 e. The van der Waals surface area contributed by atoms with E-state index in [0.29, 0.717) is 13.2 Å². The van der Waals surface area contributed by atoms with E-state index < -0.39 is 0 Å². The van der Waals surface area contributed by atoms with E-state index in [1.54, 1.807) is 6.20 Å². The van der Waals surface area contributed by atoms with Crippen LogP contribution in [0.2, 0.25) is 0 Å². The quantitative estimate of drug-likeness (QED) is 0.857. The SMILES string of the molecule is CCCNC1COCC1C(=O)c1ccc2ncccc2c1. The monoisotopic (exact) mass is 284 g/mol. The van der Waals surface area contributed by atoms with Crippen LogP contribution in [0.4, 0.5) is 0 Å². The Morgan fingerprint density at radius 3 is 3.14 bits per heavy atom. The topological polar surface area (TPSA) is 51.2 Å². The summed E-state index contributed by atoms with van der Waals surface area (Å²) in [7, 11) is 0. The molecule has 1 N–H and O–H groups in total. The van der Waals surface area contributed by atoms with Gasteiger partial charge in [-0.05, 0) is 37.2 Å². The van der Waals surface area contributed by atoms with Gasteiger partial charge in [-0.1, -0.05) is 13.0 Å². The summed E-state index contributed by atoms with van der Waals surface area (Å²) in [4.78, 5) is 17.0. The molecule has 0 saturated carbocycles. The van der Waals surface area contributed by atoms with Crippen LogP contribution in [0.5, 0.6) is 0 Å². The summed E-state index contributed by atoms with van der Waals surface area (Å²) in [5.74, 6) is 0.0672. The van der Waals surface area contributed by atoms with Gasteiger partial charge in [0.2, 0.25) is 0 Å². The zero-order valence-electron chi connectivity index (χ0n) is 12.2. The normalized spacial score (nSPS) is 21.8. The third-order valence-corrected chi connectivity index (χ3v) is 3.96. The van der Waals surface area contributed by atoms with Crippen LogP contribution in [0, 0.1) is 5.92 Å². The maximum absolute atomic E-state index is 12.7. The molecule has 1 aromatic carbocycles. The first-order chi connectivity index (χ1) is 10.3. The molecule has 1 aliphatic heterocycles. The second kappa shape index (κ2) is 6.33. The Morgan fingerprint density at radius 1 is 1.38 bits per heavy atom. The van der Waals surface area contributed by atoms with Gasteiger partial charge in [-0.15, -0.1) is 0 Å². The van der Waals surface area contributed by atoms with E-state index in [1.165, 1.54) is 0 Å². The van der Waals surface area contributed by atoms with E-state index in [0.717, 1.165) is 29.4 Å². The number of rotatable bonds is 5. The summed E-state index contributed by atoms with van der Waals surface area (Å²) in [5.41, 5.74) is 1.66. The molecule has 0 amide bonds. The number of carbonyl (C=O) groups excluding carboxylic acids is 1. The highest BCUT2D eigenvalue weighted by Crippen LogP contribution is 2.22. The molecule has 0 aliphatic carbocycles. The van der Waals surface area contributed by atoms with Crippen molar-refractivity contribution in [3.8, 4) is 0 Å². The molecule has 3 rings (SSSR count). The standard InChI is InChI=1S/C17H20N2O2/c1-2-7-18-16-11-21-10-14(16)17(20)13-5-6-15-12(9-13)4-3-8-19-15/h3-6,8-9,14,16,18H,2,7,10-11H2,1H3. The molecule has 110 valence electrons. The van der Waals surface area contributed by atoms with Crippen LogP contribution in [0.25, 0.3) is 10.9 Å². The Bertz CT molecular complexity index is 641. The lowest BCUT2D eigenvalue weighted by atomic mass is 9.92. The molecule has 1 aliphatic rings. The molecule has 2 atom stereocenters. The minimum Gasteiger partial charge on any atom is -0.379 e. The highest BCUT2D eigenvalue weighted by atomic mass is 16.5. The van der Waals surface area contributed by atoms with E-state index in [4.69, 9.17) is 4.74 Å². The number of fused-ring (bicyclic) bond motifs is 1. The number of nitrogens with one attached hydrogen (secondary N) is 1. The van der Waals surface area contributed by atoms with Crippen LogP contribution in [0.1, 0.15) is 23.7 Å². The average Bonchev–Trinajstić information content (AvgIpc) is 3.00. The summed E-state index contributed by atoms with van der Waals surface area (Å²) in [6.45, 7) is 4.16. The number of nitrogens with zero attached hydrogens (tertiary/aromatic N) is 1. The number of ether oxygens (including phenoxy) is 1. The molecule has 1 saturated heterocycles. The molecular weight excluding hydrogens is 264 g/mol. The van der Waals surface area contributed by atoms with Gasteiger partial charge in [0.05, 0.1) is 24.6 Å². The molecule has 1 fully saturated rings. The van der Waals surface area contributed by atoms with Crippen molar-refractivity contribution in [3.05, 3.63) is 42.1 Å². The molecule has 4 nitrogen and oxygen atoms in total.